The molecule has 2 heterocycles. The van der Waals surface area contributed by atoms with Crippen LogP contribution in [0, 0.1) is 13.8 Å². The van der Waals surface area contributed by atoms with Crippen LogP contribution in [0.1, 0.15) is 42.0 Å². The number of aryl methyl sites for hydroxylation is 2. The Morgan fingerprint density at radius 3 is 2.62 bits per heavy atom. The van der Waals surface area contributed by atoms with Gasteiger partial charge in [-0.25, -0.2) is 4.68 Å². The monoisotopic (exact) mass is 326 g/mol. The van der Waals surface area contributed by atoms with Gasteiger partial charge in [0.1, 0.15) is 12.1 Å². The summed E-state index contributed by atoms with van der Waals surface area (Å²) in [5.41, 5.74) is 4.42. The van der Waals surface area contributed by atoms with Crippen LogP contribution in [0.15, 0.2) is 35.1 Å². The summed E-state index contributed by atoms with van der Waals surface area (Å²) in [5.74, 6) is 0.929. The van der Waals surface area contributed by atoms with Gasteiger partial charge in [0.2, 0.25) is 0 Å². The molecule has 0 saturated carbocycles. The number of rotatable bonds is 7. The van der Waals surface area contributed by atoms with E-state index >= 15 is 0 Å². The van der Waals surface area contributed by atoms with Gasteiger partial charge in [0, 0.05) is 11.6 Å². The molecule has 7 nitrogen and oxygen atoms in total. The maximum absolute atomic E-state index is 5.20. The third kappa shape index (κ3) is 3.68. The van der Waals surface area contributed by atoms with Gasteiger partial charge in [-0.3, -0.25) is 0 Å². The van der Waals surface area contributed by atoms with Gasteiger partial charge in [0.25, 0.3) is 0 Å². The van der Waals surface area contributed by atoms with Crippen molar-refractivity contribution in [3.05, 3.63) is 53.2 Å². The van der Waals surface area contributed by atoms with Gasteiger partial charge in [-0.05, 0) is 68.3 Å². The fourth-order valence-corrected chi connectivity index (χ4v) is 2.76. The quantitative estimate of drug-likeness (QED) is 0.672. The van der Waals surface area contributed by atoms with E-state index in [4.69, 9.17) is 4.52 Å². The van der Waals surface area contributed by atoms with Crippen LogP contribution in [0.3, 0.4) is 0 Å². The van der Waals surface area contributed by atoms with E-state index in [1.807, 2.05) is 26.0 Å². The van der Waals surface area contributed by atoms with Crippen LogP contribution >= 0.6 is 0 Å². The van der Waals surface area contributed by atoms with E-state index in [1.54, 1.807) is 11.0 Å². The first-order valence-electron chi connectivity index (χ1n) is 8.13. The number of benzene rings is 1. The van der Waals surface area contributed by atoms with E-state index in [-0.39, 0.29) is 6.04 Å². The molecule has 24 heavy (non-hydrogen) atoms. The first-order chi connectivity index (χ1) is 11.6. The lowest BCUT2D eigenvalue weighted by atomic mass is 10.1. The summed E-state index contributed by atoms with van der Waals surface area (Å²) in [5, 5.41) is 18.7. The highest BCUT2D eigenvalue weighted by atomic mass is 16.5. The highest BCUT2D eigenvalue weighted by molar-refractivity contribution is 5.34. The van der Waals surface area contributed by atoms with E-state index in [0.717, 1.165) is 36.5 Å². The Balaban J connectivity index is 1.49. The Hall–Kier alpha value is -2.54. The molecule has 1 aromatic carbocycles. The molecule has 0 aliphatic rings. The Morgan fingerprint density at radius 1 is 1.21 bits per heavy atom. The molecule has 3 rings (SSSR count). The number of hydrogen-bond donors (Lipinski definition) is 1. The van der Waals surface area contributed by atoms with Gasteiger partial charge < -0.3 is 9.84 Å². The molecule has 7 heteroatoms. The van der Waals surface area contributed by atoms with E-state index in [2.05, 4.69) is 45.1 Å². The van der Waals surface area contributed by atoms with Gasteiger partial charge >= 0.3 is 0 Å². The molecule has 3 aromatic rings. The molecule has 0 aliphatic heterocycles. The smallest absolute Gasteiger partial charge is 0.143 e. The minimum Gasteiger partial charge on any atom is -0.361 e. The zero-order chi connectivity index (χ0) is 16.9. The summed E-state index contributed by atoms with van der Waals surface area (Å²) < 4.78 is 6.84. The summed E-state index contributed by atoms with van der Waals surface area (Å²) in [6, 6.07) is 8.53. The molecule has 0 amide bonds. The second-order valence-corrected chi connectivity index (χ2v) is 5.93. The molecule has 0 spiro atoms. The van der Waals surface area contributed by atoms with Crippen molar-refractivity contribution in [2.75, 3.05) is 6.54 Å². The zero-order valence-corrected chi connectivity index (χ0v) is 14.2. The molecule has 1 atom stereocenters. The van der Waals surface area contributed by atoms with Crippen LogP contribution < -0.4 is 5.32 Å². The van der Waals surface area contributed by atoms with Crippen LogP contribution in [-0.2, 0) is 6.42 Å². The Labute approximate surface area is 141 Å². The van der Waals surface area contributed by atoms with Crippen LogP contribution in [0.4, 0.5) is 0 Å². The molecular weight excluding hydrogens is 304 g/mol. The second kappa shape index (κ2) is 7.35. The van der Waals surface area contributed by atoms with Crippen molar-refractivity contribution in [3.8, 4) is 5.69 Å². The minimum absolute atomic E-state index is 0.289. The lowest BCUT2D eigenvalue weighted by Crippen LogP contribution is -2.20. The first kappa shape index (κ1) is 16.3. The zero-order valence-electron chi connectivity index (χ0n) is 14.2. The summed E-state index contributed by atoms with van der Waals surface area (Å²) in [4.78, 5) is 0. The van der Waals surface area contributed by atoms with Gasteiger partial charge in [0.15, 0.2) is 0 Å². The standard InChI is InChI=1S/C17H22N6O/c1-12(18-10-4-5-17-13(2)20-24-14(17)3)15-6-8-16(9-7-15)23-11-19-21-22-23/h6-9,11-12,18H,4-5,10H2,1-3H3. The molecule has 0 fully saturated rings. The lowest BCUT2D eigenvalue weighted by molar-refractivity contribution is 0.392. The molecular formula is C17H22N6O. The topological polar surface area (TPSA) is 81.7 Å². The summed E-state index contributed by atoms with van der Waals surface area (Å²) in [6.45, 7) is 7.08. The van der Waals surface area contributed by atoms with Crippen LogP contribution in [-0.4, -0.2) is 31.9 Å². The SMILES string of the molecule is Cc1noc(C)c1CCCNC(C)c1ccc(-n2cnnn2)cc1. The minimum atomic E-state index is 0.289. The van der Waals surface area contributed by atoms with Crippen molar-refractivity contribution < 1.29 is 4.52 Å². The van der Waals surface area contributed by atoms with Gasteiger partial charge in [-0.1, -0.05) is 17.3 Å². The molecule has 2 aromatic heterocycles. The number of nitrogens with zero attached hydrogens (tertiary/aromatic N) is 5. The van der Waals surface area contributed by atoms with Crippen molar-refractivity contribution in [2.24, 2.45) is 0 Å². The lowest BCUT2D eigenvalue weighted by Gasteiger charge is -2.14. The van der Waals surface area contributed by atoms with Crippen molar-refractivity contribution >= 4 is 0 Å². The van der Waals surface area contributed by atoms with Crippen LogP contribution in [0.2, 0.25) is 0 Å². The van der Waals surface area contributed by atoms with Crippen molar-refractivity contribution in [2.45, 2.75) is 39.7 Å². The van der Waals surface area contributed by atoms with Gasteiger partial charge in [-0.15, -0.1) is 5.10 Å². The van der Waals surface area contributed by atoms with Gasteiger partial charge in [0.05, 0.1) is 11.4 Å². The van der Waals surface area contributed by atoms with E-state index in [9.17, 15) is 0 Å². The fraction of sp³-hybridized carbons (Fsp3) is 0.412. The molecule has 0 aliphatic carbocycles. The summed E-state index contributed by atoms with van der Waals surface area (Å²) in [6.07, 6.45) is 3.63. The first-order valence-corrected chi connectivity index (χ1v) is 8.13. The molecule has 0 bridgehead atoms. The van der Waals surface area contributed by atoms with Crippen LogP contribution in [0.5, 0.6) is 0 Å². The van der Waals surface area contributed by atoms with E-state index in [1.165, 1.54) is 11.1 Å². The number of aromatic nitrogens is 5. The van der Waals surface area contributed by atoms with Gasteiger partial charge in [-0.2, -0.15) is 0 Å². The average molecular weight is 326 g/mol. The Kier molecular flexibility index (Phi) is 5.00. The number of tetrazole rings is 1. The predicted octanol–water partition coefficient (Wildman–Crippen LogP) is 2.55. The van der Waals surface area contributed by atoms with E-state index in [0.29, 0.717) is 0 Å². The fourth-order valence-electron chi connectivity index (χ4n) is 2.76. The molecule has 0 radical (unpaired) electrons. The van der Waals surface area contributed by atoms with Crippen molar-refractivity contribution in [1.29, 1.82) is 0 Å². The molecule has 0 saturated heterocycles. The number of hydrogen-bond acceptors (Lipinski definition) is 6. The Bertz CT molecular complexity index is 743. The maximum atomic E-state index is 5.20. The van der Waals surface area contributed by atoms with Crippen molar-refractivity contribution in [1.82, 2.24) is 30.7 Å². The molecule has 126 valence electrons. The molecule has 1 N–H and O–H groups in total. The predicted molar refractivity (Wildman–Crippen MR) is 89.9 cm³/mol. The third-order valence-electron chi connectivity index (χ3n) is 4.24. The number of nitrogens with one attached hydrogen (secondary N) is 1. The largest absolute Gasteiger partial charge is 0.361 e. The van der Waals surface area contributed by atoms with E-state index < -0.39 is 0 Å². The average Bonchev–Trinajstić information content (AvgIpc) is 3.23. The maximum Gasteiger partial charge on any atom is 0.143 e. The Morgan fingerprint density at radius 2 is 2.00 bits per heavy atom. The summed E-state index contributed by atoms with van der Waals surface area (Å²) in [7, 11) is 0. The second-order valence-electron chi connectivity index (χ2n) is 5.93. The third-order valence-corrected chi connectivity index (χ3v) is 4.24. The normalized spacial score (nSPS) is 12.5. The van der Waals surface area contributed by atoms with Crippen molar-refractivity contribution in [3.63, 3.8) is 0 Å². The molecule has 1 unspecified atom stereocenters. The van der Waals surface area contributed by atoms with Crippen LogP contribution in [0.25, 0.3) is 5.69 Å². The highest BCUT2D eigenvalue weighted by Crippen LogP contribution is 2.16. The summed E-state index contributed by atoms with van der Waals surface area (Å²) >= 11 is 0. The highest BCUT2D eigenvalue weighted by Gasteiger charge is 2.09.